The summed E-state index contributed by atoms with van der Waals surface area (Å²) in [7, 11) is 1.58. The third kappa shape index (κ3) is 3.17. The van der Waals surface area contributed by atoms with Crippen LogP contribution in [0.2, 0.25) is 10.2 Å². The molecule has 1 aromatic heterocycles. The number of carboxylic acids is 1. The highest BCUT2D eigenvalue weighted by Gasteiger charge is 2.22. The summed E-state index contributed by atoms with van der Waals surface area (Å²) in [4.78, 5) is 22.8. The van der Waals surface area contributed by atoms with Crippen LogP contribution in [-0.2, 0) is 11.8 Å². The molecule has 100 valence electrons. The highest BCUT2D eigenvalue weighted by atomic mass is 35.5. The van der Waals surface area contributed by atoms with Gasteiger partial charge in [-0.2, -0.15) is 0 Å². The molecule has 0 aliphatic rings. The van der Waals surface area contributed by atoms with Crippen LogP contribution in [0.5, 0.6) is 0 Å². The molecule has 1 rings (SSSR count). The average Bonchev–Trinajstić information content (AvgIpc) is 2.56. The standard InChI is InChI=1S/C11H14Cl2N2O3/c1-3-4-7(11(17)18)14-10(16)8-5-6(12)9(13)15(8)2/h5,7H,3-4H2,1-2H3,(H,14,16)(H,17,18)/t7-/m1/s1. The number of nitrogens with zero attached hydrogens (tertiary/aromatic N) is 1. The van der Waals surface area contributed by atoms with Crippen molar-refractivity contribution in [2.24, 2.45) is 7.05 Å². The van der Waals surface area contributed by atoms with Crippen LogP contribution in [0, 0.1) is 0 Å². The van der Waals surface area contributed by atoms with Gasteiger partial charge in [0, 0.05) is 7.05 Å². The highest BCUT2D eigenvalue weighted by molar-refractivity contribution is 6.41. The van der Waals surface area contributed by atoms with Gasteiger partial charge in [0.2, 0.25) is 0 Å². The first-order chi connectivity index (χ1) is 8.38. The minimum Gasteiger partial charge on any atom is -0.480 e. The number of amides is 1. The molecule has 1 heterocycles. The number of carboxylic acid groups (broad SMARTS) is 1. The molecule has 0 aromatic carbocycles. The first kappa shape index (κ1) is 14.9. The topological polar surface area (TPSA) is 71.3 Å². The summed E-state index contributed by atoms with van der Waals surface area (Å²) in [5.41, 5.74) is 0.229. The second kappa shape index (κ2) is 6.11. The number of rotatable bonds is 5. The Bertz CT molecular complexity index is 471. The second-order valence-corrected chi connectivity index (χ2v) is 4.65. The smallest absolute Gasteiger partial charge is 0.326 e. The summed E-state index contributed by atoms with van der Waals surface area (Å²) in [5.74, 6) is -1.57. The quantitative estimate of drug-likeness (QED) is 0.875. The van der Waals surface area contributed by atoms with Crippen LogP contribution >= 0.6 is 23.2 Å². The van der Waals surface area contributed by atoms with E-state index in [9.17, 15) is 9.59 Å². The Hall–Kier alpha value is -1.20. The number of hydrogen-bond donors (Lipinski definition) is 2. The molecule has 0 aliphatic carbocycles. The SMILES string of the molecule is CCC[C@@H](NC(=O)c1cc(Cl)c(Cl)n1C)C(=O)O. The van der Waals surface area contributed by atoms with Crippen LogP contribution in [-0.4, -0.2) is 27.6 Å². The summed E-state index contributed by atoms with van der Waals surface area (Å²) < 4.78 is 1.41. The second-order valence-electron chi connectivity index (χ2n) is 3.88. The third-order valence-electron chi connectivity index (χ3n) is 2.53. The number of hydrogen-bond acceptors (Lipinski definition) is 2. The van der Waals surface area contributed by atoms with Gasteiger partial charge in [-0.15, -0.1) is 0 Å². The molecule has 0 spiro atoms. The van der Waals surface area contributed by atoms with Gasteiger partial charge in [-0.25, -0.2) is 4.79 Å². The van der Waals surface area contributed by atoms with Crippen LogP contribution < -0.4 is 5.32 Å². The van der Waals surface area contributed by atoms with E-state index < -0.39 is 17.9 Å². The Morgan fingerprint density at radius 3 is 2.50 bits per heavy atom. The highest BCUT2D eigenvalue weighted by Crippen LogP contribution is 2.25. The normalized spacial score (nSPS) is 12.2. The van der Waals surface area contributed by atoms with Crippen LogP contribution in [0.4, 0.5) is 0 Å². The van der Waals surface area contributed by atoms with Crippen molar-refractivity contribution in [2.45, 2.75) is 25.8 Å². The van der Waals surface area contributed by atoms with E-state index in [1.807, 2.05) is 6.92 Å². The fraction of sp³-hybridized carbons (Fsp3) is 0.455. The van der Waals surface area contributed by atoms with Crippen LogP contribution in [0.25, 0.3) is 0 Å². The first-order valence-corrected chi connectivity index (χ1v) is 6.18. The van der Waals surface area contributed by atoms with E-state index in [2.05, 4.69) is 5.32 Å². The summed E-state index contributed by atoms with van der Waals surface area (Å²) in [6.07, 6.45) is 1.03. The predicted molar refractivity (Wildman–Crippen MR) is 69.2 cm³/mol. The maximum absolute atomic E-state index is 11.9. The predicted octanol–water partition coefficient (Wildman–Crippen LogP) is 2.31. The number of carbonyl (C=O) groups is 2. The van der Waals surface area contributed by atoms with Crippen LogP contribution in [0.1, 0.15) is 30.3 Å². The fourth-order valence-electron chi connectivity index (χ4n) is 1.54. The Kier molecular flexibility index (Phi) is 5.04. The molecule has 0 saturated carbocycles. The molecule has 7 heteroatoms. The van der Waals surface area contributed by atoms with E-state index in [0.717, 1.165) is 0 Å². The van der Waals surface area contributed by atoms with Gasteiger partial charge in [0.1, 0.15) is 16.9 Å². The lowest BCUT2D eigenvalue weighted by Crippen LogP contribution is -2.41. The third-order valence-corrected chi connectivity index (χ3v) is 3.37. The molecule has 1 aromatic rings. The summed E-state index contributed by atoms with van der Waals surface area (Å²) >= 11 is 11.6. The molecule has 0 bridgehead atoms. The zero-order chi connectivity index (χ0) is 13.9. The lowest BCUT2D eigenvalue weighted by Gasteiger charge is -2.13. The van der Waals surface area contributed by atoms with Gasteiger partial charge in [0.25, 0.3) is 5.91 Å². The maximum Gasteiger partial charge on any atom is 0.326 e. The minimum atomic E-state index is -1.06. The van der Waals surface area contributed by atoms with Crippen molar-refractivity contribution in [3.05, 3.63) is 21.9 Å². The molecule has 0 saturated heterocycles. The summed E-state index contributed by atoms with van der Waals surface area (Å²) in [6, 6.07) is 0.499. The Morgan fingerprint density at radius 1 is 1.50 bits per heavy atom. The van der Waals surface area contributed by atoms with Crippen molar-refractivity contribution in [3.63, 3.8) is 0 Å². The van der Waals surface area contributed by atoms with E-state index in [-0.39, 0.29) is 15.9 Å². The largest absolute Gasteiger partial charge is 0.480 e. The summed E-state index contributed by atoms with van der Waals surface area (Å²) in [5, 5.41) is 11.9. The van der Waals surface area contributed by atoms with Crippen LogP contribution in [0.3, 0.4) is 0 Å². The Morgan fingerprint density at radius 2 is 2.11 bits per heavy atom. The molecule has 0 aliphatic heterocycles. The zero-order valence-corrected chi connectivity index (χ0v) is 11.5. The molecule has 5 nitrogen and oxygen atoms in total. The lowest BCUT2D eigenvalue weighted by atomic mass is 10.1. The molecule has 18 heavy (non-hydrogen) atoms. The van der Waals surface area contributed by atoms with Crippen molar-refractivity contribution in [3.8, 4) is 0 Å². The molecular weight excluding hydrogens is 279 g/mol. The maximum atomic E-state index is 11.9. The molecule has 0 fully saturated rings. The van der Waals surface area contributed by atoms with Crippen molar-refractivity contribution in [2.75, 3.05) is 0 Å². The lowest BCUT2D eigenvalue weighted by molar-refractivity contribution is -0.139. The van der Waals surface area contributed by atoms with E-state index in [4.69, 9.17) is 28.3 Å². The molecular formula is C11H14Cl2N2O3. The van der Waals surface area contributed by atoms with Crippen LogP contribution in [0.15, 0.2) is 6.07 Å². The minimum absolute atomic E-state index is 0.229. The van der Waals surface area contributed by atoms with Crippen molar-refractivity contribution in [1.82, 2.24) is 9.88 Å². The Labute approximate surface area is 115 Å². The van der Waals surface area contributed by atoms with E-state index >= 15 is 0 Å². The molecule has 2 N–H and O–H groups in total. The molecule has 1 atom stereocenters. The van der Waals surface area contributed by atoms with Crippen molar-refractivity contribution >= 4 is 35.1 Å². The molecule has 0 unspecified atom stereocenters. The zero-order valence-electron chi connectivity index (χ0n) is 10.0. The monoisotopic (exact) mass is 292 g/mol. The molecule has 1 amide bonds. The van der Waals surface area contributed by atoms with E-state index in [1.165, 1.54) is 10.6 Å². The number of nitrogens with one attached hydrogen (secondary N) is 1. The van der Waals surface area contributed by atoms with Gasteiger partial charge in [-0.05, 0) is 12.5 Å². The first-order valence-electron chi connectivity index (χ1n) is 5.42. The average molecular weight is 293 g/mol. The fourth-order valence-corrected chi connectivity index (χ4v) is 1.91. The van der Waals surface area contributed by atoms with Gasteiger partial charge < -0.3 is 15.0 Å². The van der Waals surface area contributed by atoms with E-state index in [1.54, 1.807) is 7.05 Å². The van der Waals surface area contributed by atoms with Gasteiger partial charge in [-0.3, -0.25) is 4.79 Å². The van der Waals surface area contributed by atoms with Gasteiger partial charge >= 0.3 is 5.97 Å². The molecule has 0 radical (unpaired) electrons. The van der Waals surface area contributed by atoms with Gasteiger partial charge in [0.05, 0.1) is 5.02 Å². The van der Waals surface area contributed by atoms with Gasteiger partial charge in [-0.1, -0.05) is 36.5 Å². The van der Waals surface area contributed by atoms with Crippen molar-refractivity contribution < 1.29 is 14.7 Å². The Balaban J connectivity index is 2.87. The number of aliphatic carboxylic acids is 1. The summed E-state index contributed by atoms with van der Waals surface area (Å²) in [6.45, 7) is 1.85. The van der Waals surface area contributed by atoms with Gasteiger partial charge in [0.15, 0.2) is 0 Å². The van der Waals surface area contributed by atoms with E-state index in [0.29, 0.717) is 12.8 Å². The van der Waals surface area contributed by atoms with Crippen molar-refractivity contribution in [1.29, 1.82) is 0 Å². The number of carbonyl (C=O) groups excluding carboxylic acids is 1. The number of halogens is 2. The number of aromatic nitrogens is 1.